The first kappa shape index (κ1) is 11.6. The Morgan fingerprint density at radius 1 is 1.20 bits per heavy atom. The van der Waals surface area contributed by atoms with Crippen molar-refractivity contribution in [2.75, 3.05) is 6.79 Å². The summed E-state index contributed by atoms with van der Waals surface area (Å²) >= 11 is 6.31. The molecule has 1 aromatic heterocycles. The zero-order valence-electron chi connectivity index (χ0n) is 10.7. The van der Waals surface area contributed by atoms with Gasteiger partial charge >= 0.3 is 0 Å². The van der Waals surface area contributed by atoms with Crippen LogP contribution in [0.5, 0.6) is 11.5 Å². The van der Waals surface area contributed by atoms with Crippen molar-refractivity contribution in [1.29, 1.82) is 0 Å². The molecule has 3 aromatic rings. The summed E-state index contributed by atoms with van der Waals surface area (Å²) in [7, 11) is 0. The molecule has 5 heteroatoms. The van der Waals surface area contributed by atoms with Crippen molar-refractivity contribution in [3.63, 3.8) is 0 Å². The average Bonchev–Trinajstić information content (AvgIpc) is 3.03. The third kappa shape index (κ3) is 1.65. The highest BCUT2D eigenvalue weighted by Gasteiger charge is 2.19. The van der Waals surface area contributed by atoms with Crippen LogP contribution in [0.3, 0.4) is 0 Å². The number of fused-ring (bicyclic) bond motifs is 2. The number of rotatable bonds is 1. The zero-order chi connectivity index (χ0) is 13.7. The first-order valence-electron chi connectivity index (χ1n) is 6.27. The lowest BCUT2D eigenvalue weighted by atomic mass is 10.2. The number of benzene rings is 2. The van der Waals surface area contributed by atoms with Crippen LogP contribution in [-0.2, 0) is 0 Å². The quantitative estimate of drug-likeness (QED) is 0.737. The Bertz CT molecular complexity index is 826. The van der Waals surface area contributed by atoms with E-state index >= 15 is 0 Å². The average molecular weight is 287 g/mol. The van der Waals surface area contributed by atoms with E-state index in [4.69, 9.17) is 21.1 Å². The molecular weight excluding hydrogens is 276 g/mol. The predicted molar refractivity (Wildman–Crippen MR) is 77.4 cm³/mol. The van der Waals surface area contributed by atoms with Gasteiger partial charge in [-0.3, -0.25) is 0 Å². The third-order valence-electron chi connectivity index (χ3n) is 3.43. The first-order chi connectivity index (χ1) is 9.72. The van der Waals surface area contributed by atoms with Crippen molar-refractivity contribution in [2.45, 2.75) is 6.92 Å². The molecule has 0 amide bonds. The Morgan fingerprint density at radius 2 is 2.00 bits per heavy atom. The summed E-state index contributed by atoms with van der Waals surface area (Å²) in [5.41, 5.74) is 3.89. The maximum Gasteiger partial charge on any atom is 0.231 e. The van der Waals surface area contributed by atoms with Crippen LogP contribution >= 0.6 is 11.6 Å². The summed E-state index contributed by atoms with van der Waals surface area (Å²) < 4.78 is 10.7. The van der Waals surface area contributed by atoms with Crippen molar-refractivity contribution in [2.24, 2.45) is 0 Å². The fourth-order valence-electron chi connectivity index (χ4n) is 2.40. The Labute approximate surface area is 120 Å². The molecule has 0 saturated carbocycles. The van der Waals surface area contributed by atoms with Gasteiger partial charge in [0, 0.05) is 11.6 Å². The van der Waals surface area contributed by atoms with Crippen LogP contribution in [0.4, 0.5) is 0 Å². The van der Waals surface area contributed by atoms with Gasteiger partial charge in [-0.25, -0.2) is 4.98 Å². The fourth-order valence-corrected chi connectivity index (χ4v) is 2.64. The van der Waals surface area contributed by atoms with Crippen molar-refractivity contribution >= 4 is 22.6 Å². The third-order valence-corrected chi connectivity index (χ3v) is 3.74. The SMILES string of the molecule is Cc1cccc2[nH]c(-c3cc4c(cc3Cl)OCO4)nc12. The number of hydrogen-bond acceptors (Lipinski definition) is 3. The van der Waals surface area contributed by atoms with E-state index in [9.17, 15) is 0 Å². The monoisotopic (exact) mass is 286 g/mol. The van der Waals surface area contributed by atoms with Crippen LogP contribution < -0.4 is 9.47 Å². The topological polar surface area (TPSA) is 47.1 Å². The van der Waals surface area contributed by atoms with E-state index in [-0.39, 0.29) is 6.79 Å². The number of nitrogens with zero attached hydrogens (tertiary/aromatic N) is 1. The van der Waals surface area contributed by atoms with Gasteiger partial charge < -0.3 is 14.5 Å². The molecule has 1 aliphatic heterocycles. The number of aromatic nitrogens is 2. The Morgan fingerprint density at radius 3 is 2.80 bits per heavy atom. The highest BCUT2D eigenvalue weighted by Crippen LogP contribution is 2.40. The fraction of sp³-hybridized carbons (Fsp3) is 0.133. The van der Waals surface area contributed by atoms with Gasteiger partial charge in [0.05, 0.1) is 16.1 Å². The van der Waals surface area contributed by atoms with Crippen molar-refractivity contribution in [3.05, 3.63) is 40.9 Å². The minimum atomic E-state index is 0.231. The second-order valence-corrected chi connectivity index (χ2v) is 5.15. The van der Waals surface area contributed by atoms with Crippen LogP contribution in [-0.4, -0.2) is 16.8 Å². The molecule has 4 rings (SSSR count). The van der Waals surface area contributed by atoms with Gasteiger partial charge in [0.15, 0.2) is 11.5 Å². The van der Waals surface area contributed by atoms with E-state index in [0.717, 1.165) is 28.0 Å². The molecule has 2 heterocycles. The Hall–Kier alpha value is -2.20. The molecule has 0 saturated heterocycles. The standard InChI is InChI=1S/C15H11ClN2O2/c1-8-3-2-4-11-14(8)18-15(17-11)9-5-12-13(6-10(9)16)20-7-19-12/h2-6H,7H2,1H3,(H,17,18). The number of halogens is 1. The minimum Gasteiger partial charge on any atom is -0.454 e. The van der Waals surface area contributed by atoms with E-state index in [0.29, 0.717) is 16.5 Å². The van der Waals surface area contributed by atoms with Crippen LogP contribution in [0.15, 0.2) is 30.3 Å². The van der Waals surface area contributed by atoms with Gasteiger partial charge in [0.2, 0.25) is 6.79 Å². The molecule has 0 radical (unpaired) electrons. The second-order valence-electron chi connectivity index (χ2n) is 4.74. The molecule has 2 aromatic carbocycles. The van der Waals surface area contributed by atoms with Gasteiger partial charge in [-0.15, -0.1) is 0 Å². The minimum absolute atomic E-state index is 0.231. The summed E-state index contributed by atoms with van der Waals surface area (Å²) in [5, 5.41) is 0.589. The van der Waals surface area contributed by atoms with Crippen LogP contribution in [0.25, 0.3) is 22.4 Å². The maximum absolute atomic E-state index is 6.31. The van der Waals surface area contributed by atoms with E-state index in [1.807, 2.05) is 31.2 Å². The molecule has 1 N–H and O–H groups in total. The maximum atomic E-state index is 6.31. The molecule has 0 fully saturated rings. The number of imidazole rings is 1. The second kappa shape index (κ2) is 4.15. The van der Waals surface area contributed by atoms with E-state index in [2.05, 4.69) is 9.97 Å². The number of hydrogen-bond donors (Lipinski definition) is 1. The van der Waals surface area contributed by atoms with Crippen molar-refractivity contribution in [3.8, 4) is 22.9 Å². The number of ether oxygens (including phenoxy) is 2. The normalized spacial score (nSPS) is 13.1. The molecule has 0 bridgehead atoms. The summed E-state index contributed by atoms with van der Waals surface area (Å²) in [5.74, 6) is 2.10. The smallest absolute Gasteiger partial charge is 0.231 e. The van der Waals surface area contributed by atoms with Gasteiger partial charge in [-0.05, 0) is 24.6 Å². The molecule has 0 spiro atoms. The zero-order valence-corrected chi connectivity index (χ0v) is 11.5. The number of aryl methyl sites for hydroxylation is 1. The summed E-state index contributed by atoms with van der Waals surface area (Å²) in [6, 6.07) is 9.66. The summed E-state index contributed by atoms with van der Waals surface area (Å²) in [6.45, 7) is 2.27. The molecule has 1 aliphatic rings. The van der Waals surface area contributed by atoms with Crippen molar-refractivity contribution < 1.29 is 9.47 Å². The van der Waals surface area contributed by atoms with E-state index in [1.165, 1.54) is 0 Å². The molecule has 0 atom stereocenters. The highest BCUT2D eigenvalue weighted by atomic mass is 35.5. The molecule has 4 nitrogen and oxygen atoms in total. The first-order valence-corrected chi connectivity index (χ1v) is 6.65. The van der Waals surface area contributed by atoms with Crippen molar-refractivity contribution in [1.82, 2.24) is 9.97 Å². The van der Waals surface area contributed by atoms with Crippen LogP contribution in [0.1, 0.15) is 5.56 Å². The van der Waals surface area contributed by atoms with Gasteiger partial charge in [0.25, 0.3) is 0 Å². The Balaban J connectivity index is 1.93. The summed E-state index contributed by atoms with van der Waals surface area (Å²) in [4.78, 5) is 7.93. The van der Waals surface area contributed by atoms with Gasteiger partial charge in [-0.1, -0.05) is 23.7 Å². The Kier molecular flexibility index (Phi) is 2.41. The molecule has 0 aliphatic carbocycles. The summed E-state index contributed by atoms with van der Waals surface area (Å²) in [6.07, 6.45) is 0. The highest BCUT2D eigenvalue weighted by molar-refractivity contribution is 6.33. The van der Waals surface area contributed by atoms with E-state index in [1.54, 1.807) is 6.07 Å². The predicted octanol–water partition coefficient (Wildman–Crippen LogP) is 3.92. The van der Waals surface area contributed by atoms with E-state index < -0.39 is 0 Å². The molecule has 100 valence electrons. The largest absolute Gasteiger partial charge is 0.454 e. The molecule has 20 heavy (non-hydrogen) atoms. The number of aromatic amines is 1. The lowest BCUT2D eigenvalue weighted by Crippen LogP contribution is -1.92. The molecular formula is C15H11ClN2O2. The lowest BCUT2D eigenvalue weighted by Gasteiger charge is -2.03. The van der Waals surface area contributed by atoms with Gasteiger partial charge in [0.1, 0.15) is 5.82 Å². The number of H-pyrrole nitrogens is 1. The number of para-hydroxylation sites is 1. The van der Waals surface area contributed by atoms with Crippen LogP contribution in [0.2, 0.25) is 5.02 Å². The molecule has 0 unspecified atom stereocenters. The van der Waals surface area contributed by atoms with Crippen LogP contribution in [0, 0.1) is 6.92 Å². The number of nitrogens with one attached hydrogen (secondary N) is 1. The lowest BCUT2D eigenvalue weighted by molar-refractivity contribution is 0.174. The van der Waals surface area contributed by atoms with Gasteiger partial charge in [-0.2, -0.15) is 0 Å².